The van der Waals surface area contributed by atoms with Crippen molar-refractivity contribution in [3.05, 3.63) is 65.0 Å². The predicted octanol–water partition coefficient (Wildman–Crippen LogP) is 4.83. The lowest BCUT2D eigenvalue weighted by molar-refractivity contribution is 0.278. The smallest absolute Gasteiger partial charge is 0.243 e. The van der Waals surface area contributed by atoms with E-state index in [4.69, 9.17) is 32.9 Å². The average Bonchev–Trinajstić information content (AvgIpc) is 3.23. The summed E-state index contributed by atoms with van der Waals surface area (Å²) in [6.07, 6.45) is 6.18. The quantitative estimate of drug-likeness (QED) is 0.376. The minimum Gasteiger partial charge on any atom is -0.495 e. The molecule has 3 aromatic heterocycles. The predicted molar refractivity (Wildman–Crippen MR) is 131 cm³/mol. The van der Waals surface area contributed by atoms with Crippen molar-refractivity contribution in [3.63, 3.8) is 0 Å². The van der Waals surface area contributed by atoms with E-state index in [2.05, 4.69) is 14.5 Å². The van der Waals surface area contributed by atoms with Crippen LogP contribution in [0.25, 0.3) is 22.6 Å². The largest absolute Gasteiger partial charge is 0.495 e. The van der Waals surface area contributed by atoms with Gasteiger partial charge in [0.2, 0.25) is 10.0 Å². The molecule has 1 aromatic carbocycles. The molecule has 0 unspecified atom stereocenters. The van der Waals surface area contributed by atoms with Crippen LogP contribution in [0.5, 0.6) is 5.75 Å². The minimum atomic E-state index is -3.69. The van der Waals surface area contributed by atoms with E-state index in [1.807, 2.05) is 18.2 Å². The second-order valence-electron chi connectivity index (χ2n) is 7.94. The Morgan fingerprint density at radius 3 is 2.56 bits per heavy atom. The number of hydrogen-bond acceptors (Lipinski definition) is 6. The SMILES string of the molecule is COc1ccc(S(=O)(=O)N2CCC(n3c(-c4ccncc4Cl)nc4cccnc43)CC2)cc1Cl. The Morgan fingerprint density at radius 1 is 1.06 bits per heavy atom. The fourth-order valence-electron chi connectivity index (χ4n) is 4.32. The van der Waals surface area contributed by atoms with E-state index in [0.717, 1.165) is 16.7 Å². The maximum atomic E-state index is 13.2. The fourth-order valence-corrected chi connectivity index (χ4v) is 6.34. The van der Waals surface area contributed by atoms with Crippen LogP contribution in [-0.4, -0.2) is 52.4 Å². The van der Waals surface area contributed by atoms with Crippen LogP contribution in [0.1, 0.15) is 18.9 Å². The van der Waals surface area contributed by atoms with Gasteiger partial charge in [-0.15, -0.1) is 0 Å². The first kappa shape index (κ1) is 23.0. The summed E-state index contributed by atoms with van der Waals surface area (Å²) in [7, 11) is -2.20. The summed E-state index contributed by atoms with van der Waals surface area (Å²) in [6.45, 7) is 0.708. The van der Waals surface area contributed by atoms with Crippen LogP contribution < -0.4 is 4.74 Å². The Bertz CT molecular complexity index is 1470. The molecule has 1 saturated heterocycles. The van der Waals surface area contributed by atoms with Gasteiger partial charge < -0.3 is 9.30 Å². The third kappa shape index (κ3) is 4.02. The summed E-state index contributed by atoms with van der Waals surface area (Å²) < 4.78 is 35.2. The van der Waals surface area contributed by atoms with E-state index >= 15 is 0 Å². The Balaban J connectivity index is 1.45. The van der Waals surface area contributed by atoms with Gasteiger partial charge in [0.15, 0.2) is 5.65 Å². The van der Waals surface area contributed by atoms with E-state index in [1.165, 1.54) is 23.5 Å². The maximum Gasteiger partial charge on any atom is 0.243 e. The zero-order valence-corrected chi connectivity index (χ0v) is 20.6. The second-order valence-corrected chi connectivity index (χ2v) is 10.7. The van der Waals surface area contributed by atoms with E-state index < -0.39 is 10.0 Å². The number of sulfonamides is 1. The van der Waals surface area contributed by atoms with Gasteiger partial charge >= 0.3 is 0 Å². The molecule has 8 nitrogen and oxygen atoms in total. The van der Waals surface area contributed by atoms with E-state index in [0.29, 0.717) is 42.5 Å². The maximum absolute atomic E-state index is 13.2. The second kappa shape index (κ2) is 9.14. The Morgan fingerprint density at radius 2 is 1.85 bits per heavy atom. The summed E-state index contributed by atoms with van der Waals surface area (Å²) in [6, 6.07) is 10.1. The normalized spacial score (nSPS) is 15.6. The van der Waals surface area contributed by atoms with Gasteiger partial charge in [0.25, 0.3) is 0 Å². The zero-order chi connectivity index (χ0) is 23.9. The van der Waals surface area contributed by atoms with Crippen molar-refractivity contribution in [3.8, 4) is 17.1 Å². The molecule has 176 valence electrons. The molecule has 11 heteroatoms. The number of aromatic nitrogens is 4. The molecule has 0 bridgehead atoms. The molecule has 1 fully saturated rings. The Hall–Kier alpha value is -2.72. The van der Waals surface area contributed by atoms with Crippen molar-refractivity contribution >= 4 is 44.4 Å². The molecule has 0 radical (unpaired) electrons. The highest BCUT2D eigenvalue weighted by Crippen LogP contribution is 2.36. The van der Waals surface area contributed by atoms with Gasteiger partial charge in [-0.2, -0.15) is 4.31 Å². The molecule has 0 atom stereocenters. The molecule has 0 aliphatic carbocycles. The highest BCUT2D eigenvalue weighted by Gasteiger charge is 2.32. The van der Waals surface area contributed by atoms with Crippen molar-refractivity contribution < 1.29 is 13.2 Å². The summed E-state index contributed by atoms with van der Waals surface area (Å²) in [5, 5.41) is 0.753. The molecular formula is C23H21Cl2N5O3S. The average molecular weight is 518 g/mol. The van der Waals surface area contributed by atoms with Crippen LogP contribution in [0.4, 0.5) is 0 Å². The summed E-state index contributed by atoms with van der Waals surface area (Å²) >= 11 is 12.6. The van der Waals surface area contributed by atoms with Gasteiger partial charge in [-0.1, -0.05) is 23.2 Å². The molecule has 1 aliphatic rings. The summed E-state index contributed by atoms with van der Waals surface area (Å²) in [5.41, 5.74) is 2.26. The first-order valence-corrected chi connectivity index (χ1v) is 12.9. The molecular weight excluding hydrogens is 497 g/mol. The topological polar surface area (TPSA) is 90.2 Å². The molecule has 4 heterocycles. The van der Waals surface area contributed by atoms with Gasteiger partial charge in [0, 0.05) is 43.3 Å². The first-order valence-electron chi connectivity index (χ1n) is 10.7. The molecule has 34 heavy (non-hydrogen) atoms. The number of pyridine rings is 2. The van der Waals surface area contributed by atoms with Gasteiger partial charge in [0.1, 0.15) is 17.1 Å². The lowest BCUT2D eigenvalue weighted by atomic mass is 10.1. The number of fused-ring (bicyclic) bond motifs is 1. The first-order chi connectivity index (χ1) is 16.4. The minimum absolute atomic E-state index is 0.00466. The highest BCUT2D eigenvalue weighted by atomic mass is 35.5. The van der Waals surface area contributed by atoms with Crippen LogP contribution in [0.15, 0.2) is 59.9 Å². The van der Waals surface area contributed by atoms with Gasteiger partial charge in [-0.25, -0.2) is 18.4 Å². The van der Waals surface area contributed by atoms with Crippen molar-refractivity contribution in [1.29, 1.82) is 0 Å². The molecule has 0 spiro atoms. The number of nitrogens with zero attached hydrogens (tertiary/aromatic N) is 5. The monoisotopic (exact) mass is 517 g/mol. The third-order valence-electron chi connectivity index (χ3n) is 6.01. The van der Waals surface area contributed by atoms with E-state index in [1.54, 1.807) is 24.7 Å². The van der Waals surface area contributed by atoms with Gasteiger partial charge in [0.05, 0.1) is 22.1 Å². The van der Waals surface area contributed by atoms with Crippen LogP contribution >= 0.6 is 23.2 Å². The third-order valence-corrected chi connectivity index (χ3v) is 8.50. The summed E-state index contributed by atoms with van der Waals surface area (Å²) in [4.78, 5) is 13.6. The molecule has 1 aliphatic heterocycles. The molecule has 0 saturated carbocycles. The van der Waals surface area contributed by atoms with Crippen molar-refractivity contribution in [2.45, 2.75) is 23.8 Å². The lowest BCUT2D eigenvalue weighted by Crippen LogP contribution is -2.39. The number of hydrogen-bond donors (Lipinski definition) is 0. The van der Waals surface area contributed by atoms with E-state index in [-0.39, 0.29) is 16.0 Å². The number of ether oxygens (including phenoxy) is 1. The number of benzene rings is 1. The van der Waals surface area contributed by atoms with Crippen LogP contribution in [0.3, 0.4) is 0 Å². The Kier molecular flexibility index (Phi) is 6.20. The molecule has 4 aromatic rings. The summed E-state index contributed by atoms with van der Waals surface area (Å²) in [5.74, 6) is 1.13. The van der Waals surface area contributed by atoms with Gasteiger partial charge in [-0.05, 0) is 49.2 Å². The Labute approximate surface area is 207 Å². The van der Waals surface area contributed by atoms with Crippen molar-refractivity contribution in [1.82, 2.24) is 23.8 Å². The molecule has 0 N–H and O–H groups in total. The van der Waals surface area contributed by atoms with E-state index in [9.17, 15) is 8.42 Å². The number of piperidine rings is 1. The number of rotatable bonds is 5. The van der Waals surface area contributed by atoms with Crippen LogP contribution in [0.2, 0.25) is 10.0 Å². The molecule has 5 rings (SSSR count). The van der Waals surface area contributed by atoms with Crippen molar-refractivity contribution in [2.24, 2.45) is 0 Å². The standard InChI is InChI=1S/C23H21Cl2N5O3S/c1-33-21-5-4-16(13-18(21)24)34(31,32)29-11-7-15(8-12-29)30-22(17-6-10-26-14-19(17)25)28-20-3-2-9-27-23(20)30/h2-6,9-10,13-15H,7-8,11-12H2,1H3. The lowest BCUT2D eigenvalue weighted by Gasteiger charge is -2.32. The molecule has 0 amide bonds. The zero-order valence-electron chi connectivity index (χ0n) is 18.2. The van der Waals surface area contributed by atoms with Crippen LogP contribution in [-0.2, 0) is 10.0 Å². The highest BCUT2D eigenvalue weighted by molar-refractivity contribution is 7.89. The number of methoxy groups -OCH3 is 1. The van der Waals surface area contributed by atoms with Crippen LogP contribution in [0, 0.1) is 0 Å². The number of imidazole rings is 1. The fraction of sp³-hybridized carbons (Fsp3) is 0.261. The van der Waals surface area contributed by atoms with Gasteiger partial charge in [-0.3, -0.25) is 4.98 Å². The number of halogens is 2. The van der Waals surface area contributed by atoms with Crippen molar-refractivity contribution in [2.75, 3.05) is 20.2 Å².